The lowest BCUT2D eigenvalue weighted by molar-refractivity contribution is -0.175. The van der Waals surface area contributed by atoms with E-state index in [2.05, 4.69) is 5.32 Å². The van der Waals surface area contributed by atoms with Crippen LogP contribution in [0.4, 0.5) is 0 Å². The van der Waals surface area contributed by atoms with Crippen LogP contribution in [0.15, 0.2) is 36.4 Å². The van der Waals surface area contributed by atoms with E-state index in [1.54, 1.807) is 31.2 Å². The quantitative estimate of drug-likeness (QED) is 0.273. The number of benzene rings is 2. The number of hydrogen-bond acceptors (Lipinski definition) is 10. The number of fused-ring (bicyclic) bond motifs is 3. The molecule has 3 aliphatic rings. The van der Waals surface area contributed by atoms with E-state index in [1.807, 2.05) is 0 Å². The van der Waals surface area contributed by atoms with Crippen LogP contribution in [0.3, 0.4) is 0 Å². The Morgan fingerprint density at radius 2 is 1.81 bits per heavy atom. The summed E-state index contributed by atoms with van der Waals surface area (Å²) in [6.07, 6.45) is -0.372. The van der Waals surface area contributed by atoms with Crippen molar-refractivity contribution in [1.29, 1.82) is 0 Å². The third-order valence-corrected chi connectivity index (χ3v) is 8.42. The second-order valence-corrected chi connectivity index (χ2v) is 10.8. The summed E-state index contributed by atoms with van der Waals surface area (Å²) in [5.74, 6) is -12.1. The van der Waals surface area contributed by atoms with E-state index in [1.165, 1.54) is 12.1 Å². The highest BCUT2D eigenvalue weighted by Crippen LogP contribution is 2.51. The van der Waals surface area contributed by atoms with Crippen molar-refractivity contribution in [3.63, 3.8) is 0 Å². The number of phenols is 1. The molecule has 5 atom stereocenters. The highest BCUT2D eigenvalue weighted by molar-refractivity contribution is 6.31. The topological polar surface area (TPSA) is 207 Å². The maximum Gasteiger partial charge on any atom is 0.325 e. The smallest absolute Gasteiger partial charge is 0.325 e. The number of nitrogens with one attached hydrogen (secondary N) is 1. The molecule has 2 aromatic carbocycles. The maximum absolute atomic E-state index is 13.8. The molecule has 0 radical (unpaired) electrons. The van der Waals surface area contributed by atoms with Gasteiger partial charge in [-0.15, -0.1) is 0 Å². The molecule has 2 saturated carbocycles. The molecule has 0 spiro atoms. The normalized spacial score (nSPS) is 26.5. The van der Waals surface area contributed by atoms with Gasteiger partial charge in [0.2, 0.25) is 5.91 Å². The summed E-state index contributed by atoms with van der Waals surface area (Å²) in [5, 5.41) is 24.5. The lowest BCUT2D eigenvalue weighted by Gasteiger charge is -2.48. The lowest BCUT2D eigenvalue weighted by atomic mass is 9.53. The van der Waals surface area contributed by atoms with Crippen molar-refractivity contribution >= 4 is 40.9 Å². The molecule has 12 nitrogen and oxygen atoms in total. The van der Waals surface area contributed by atoms with Crippen LogP contribution >= 0.6 is 0 Å². The van der Waals surface area contributed by atoms with Gasteiger partial charge in [0.05, 0.1) is 18.1 Å². The zero-order chi connectivity index (χ0) is 30.5. The molecule has 12 heteroatoms. The summed E-state index contributed by atoms with van der Waals surface area (Å²) in [7, 11) is 0. The molecule has 3 aliphatic carbocycles. The van der Waals surface area contributed by atoms with Crippen molar-refractivity contribution < 1.29 is 48.5 Å². The number of nitrogens with two attached hydrogens (primary N) is 1. The monoisotopic (exact) mass is 576 g/mol. The van der Waals surface area contributed by atoms with Crippen molar-refractivity contribution in [2.75, 3.05) is 13.2 Å². The van der Waals surface area contributed by atoms with Crippen LogP contribution in [0.1, 0.15) is 46.0 Å². The minimum absolute atomic E-state index is 0.0353. The van der Waals surface area contributed by atoms with E-state index < -0.39 is 82.4 Å². The largest absolute Gasteiger partial charge is 0.507 e. The Labute approximate surface area is 239 Å². The van der Waals surface area contributed by atoms with E-state index >= 15 is 0 Å². The predicted molar refractivity (Wildman–Crippen MR) is 143 cm³/mol. The average molecular weight is 577 g/mol. The molecule has 2 amide bonds. The van der Waals surface area contributed by atoms with Gasteiger partial charge in [-0.3, -0.25) is 33.6 Å². The third kappa shape index (κ3) is 4.48. The average Bonchev–Trinajstić information content (AvgIpc) is 2.94. The van der Waals surface area contributed by atoms with Gasteiger partial charge in [0, 0.05) is 17.9 Å². The highest BCUT2D eigenvalue weighted by atomic mass is 16.5. The number of rotatable bonds is 6. The molecule has 2 unspecified atom stereocenters. The molecule has 2 aromatic rings. The molecular formula is C30H28N2O10. The lowest BCUT2D eigenvalue weighted by Crippen LogP contribution is -2.68. The van der Waals surface area contributed by atoms with E-state index in [0.717, 1.165) is 0 Å². The Kier molecular flexibility index (Phi) is 7.27. The highest BCUT2D eigenvalue weighted by Gasteiger charge is 2.66. The van der Waals surface area contributed by atoms with Gasteiger partial charge in [0.25, 0.3) is 5.91 Å². The van der Waals surface area contributed by atoms with Gasteiger partial charge in [-0.2, -0.15) is 0 Å². The van der Waals surface area contributed by atoms with Crippen LogP contribution in [0.5, 0.6) is 5.75 Å². The summed E-state index contributed by atoms with van der Waals surface area (Å²) >= 11 is 0. The number of hydrogen-bond donors (Lipinski definition) is 4. The van der Waals surface area contributed by atoms with Crippen molar-refractivity contribution in [2.24, 2.45) is 29.4 Å². The number of carbonyl (C=O) groups is 7. The third-order valence-electron chi connectivity index (χ3n) is 8.42. The first kappa shape index (κ1) is 28.8. The SMILES string of the molecule is CCOC(=O)CNC(=O)c1cccc(-c2ccc(O)c3c2C[C@H]2C[C@H]4CC(=O)C(C(N)=O)C(=O)[C@@]4(O)C(=O)C2C3=O)c1. The fourth-order valence-electron chi connectivity index (χ4n) is 6.53. The molecule has 5 N–H and O–H groups in total. The molecule has 5 rings (SSSR count). The summed E-state index contributed by atoms with van der Waals surface area (Å²) < 4.78 is 4.82. The Hall–Kier alpha value is -4.71. The minimum Gasteiger partial charge on any atom is -0.507 e. The van der Waals surface area contributed by atoms with E-state index in [-0.39, 0.29) is 37.1 Å². The Morgan fingerprint density at radius 3 is 2.50 bits per heavy atom. The zero-order valence-electron chi connectivity index (χ0n) is 22.5. The van der Waals surface area contributed by atoms with Crippen molar-refractivity contribution in [1.82, 2.24) is 5.32 Å². The number of amides is 2. The van der Waals surface area contributed by atoms with Crippen molar-refractivity contribution in [3.05, 3.63) is 53.1 Å². The fraction of sp³-hybridized carbons (Fsp3) is 0.367. The number of esters is 1. The van der Waals surface area contributed by atoms with Crippen molar-refractivity contribution in [3.8, 4) is 16.9 Å². The zero-order valence-corrected chi connectivity index (χ0v) is 22.5. The maximum atomic E-state index is 13.8. The molecule has 0 heterocycles. The Bertz CT molecular complexity index is 1580. The summed E-state index contributed by atoms with van der Waals surface area (Å²) in [6.45, 7) is 1.49. The number of aromatic hydroxyl groups is 1. The predicted octanol–water partition coefficient (Wildman–Crippen LogP) is 0.287. The number of carbonyl (C=O) groups excluding carboxylic acids is 7. The summed E-state index contributed by atoms with van der Waals surface area (Å²) in [6, 6.07) is 9.24. The van der Waals surface area contributed by atoms with Gasteiger partial charge < -0.3 is 26.0 Å². The second-order valence-electron chi connectivity index (χ2n) is 10.8. The second kappa shape index (κ2) is 10.6. The van der Waals surface area contributed by atoms with Gasteiger partial charge in [0.1, 0.15) is 12.3 Å². The molecule has 0 bridgehead atoms. The molecule has 2 fully saturated rings. The molecule has 0 saturated heterocycles. The van der Waals surface area contributed by atoms with E-state index in [0.29, 0.717) is 16.7 Å². The molecule has 0 aromatic heterocycles. The van der Waals surface area contributed by atoms with E-state index in [4.69, 9.17) is 10.5 Å². The van der Waals surface area contributed by atoms with Crippen LogP contribution in [-0.2, 0) is 35.1 Å². The van der Waals surface area contributed by atoms with Gasteiger partial charge in [0.15, 0.2) is 34.7 Å². The summed E-state index contributed by atoms with van der Waals surface area (Å²) in [4.78, 5) is 89.2. The van der Waals surface area contributed by atoms with Crippen LogP contribution in [0, 0.1) is 23.7 Å². The fourth-order valence-corrected chi connectivity index (χ4v) is 6.53. The first-order valence-electron chi connectivity index (χ1n) is 13.5. The Morgan fingerprint density at radius 1 is 1.07 bits per heavy atom. The minimum atomic E-state index is -2.72. The number of ether oxygens (including phenoxy) is 1. The number of phenolic OH excluding ortho intramolecular Hbond substituents is 1. The van der Waals surface area contributed by atoms with Gasteiger partial charge in [-0.1, -0.05) is 18.2 Å². The van der Waals surface area contributed by atoms with E-state index in [9.17, 15) is 43.8 Å². The molecule has 0 aliphatic heterocycles. The van der Waals surface area contributed by atoms with Crippen LogP contribution in [0.2, 0.25) is 0 Å². The molecular weight excluding hydrogens is 548 g/mol. The van der Waals surface area contributed by atoms with Gasteiger partial charge >= 0.3 is 5.97 Å². The number of primary amides is 1. The van der Waals surface area contributed by atoms with Crippen LogP contribution < -0.4 is 11.1 Å². The number of aliphatic hydroxyl groups is 1. The number of Topliss-reactive ketones (excluding diaryl/α,β-unsaturated/α-hetero) is 4. The molecule has 42 heavy (non-hydrogen) atoms. The van der Waals surface area contributed by atoms with Crippen LogP contribution in [-0.4, -0.2) is 69.9 Å². The molecule has 218 valence electrons. The first-order chi connectivity index (χ1) is 19.9. The van der Waals surface area contributed by atoms with Crippen LogP contribution in [0.25, 0.3) is 11.1 Å². The number of ketones is 4. The van der Waals surface area contributed by atoms with Gasteiger partial charge in [-0.05, 0) is 60.6 Å². The summed E-state index contributed by atoms with van der Waals surface area (Å²) in [5.41, 5.74) is 4.00. The van der Waals surface area contributed by atoms with Crippen molar-refractivity contribution in [2.45, 2.75) is 31.8 Å². The Balaban J connectivity index is 1.50. The first-order valence-corrected chi connectivity index (χ1v) is 13.5. The van der Waals surface area contributed by atoms with Gasteiger partial charge in [-0.25, -0.2) is 0 Å². The standard InChI is InChI=1S/C30H28N2O10/c1-2-42-21(35)12-32-29(40)14-5-3-4-13(8-14)17-6-7-19(33)23-18(17)10-15-9-16-11-20(34)24(28(31)39)27(38)30(16,41)26(37)22(15)25(23)36/h3-8,15-16,22,24,33,41H,2,9-12H2,1H3,(H2,31,39)(H,32,40)/t15-,16+,22?,24?,30+/m1/s1.